The number of hydrogen-bond acceptors (Lipinski definition) is 1. The van der Waals surface area contributed by atoms with Gasteiger partial charge in [0.1, 0.15) is 0 Å². The molecule has 0 heterocycles. The number of carboxylic acid groups (broad SMARTS) is 2. The number of carbonyl (C=O) groups is 1. The molecule has 0 bridgehead atoms. The highest BCUT2D eigenvalue weighted by Crippen LogP contribution is 2.11. The summed E-state index contributed by atoms with van der Waals surface area (Å²) in [6, 6.07) is 10.5. The van der Waals surface area contributed by atoms with Crippen LogP contribution in [0.25, 0.3) is 0 Å². The van der Waals surface area contributed by atoms with Crippen LogP contribution in [0, 0.1) is 0 Å². The average molecular weight is 182 g/mol. The summed E-state index contributed by atoms with van der Waals surface area (Å²) in [6.45, 7) is 4.41. The lowest BCUT2D eigenvalue weighted by Crippen LogP contribution is -1.83. The minimum absolute atomic E-state index is 0.659. The molecule has 0 aliphatic rings. The van der Waals surface area contributed by atoms with E-state index in [1.165, 1.54) is 5.56 Å². The smallest absolute Gasteiger partial charge is 0.450 e. The van der Waals surface area contributed by atoms with Gasteiger partial charge in [-0.2, -0.15) is 0 Å². The van der Waals surface area contributed by atoms with E-state index in [0.29, 0.717) is 5.92 Å². The summed E-state index contributed by atoms with van der Waals surface area (Å²) in [4.78, 5) is 8.56. The van der Waals surface area contributed by atoms with Gasteiger partial charge in [0, 0.05) is 0 Å². The highest BCUT2D eigenvalue weighted by molar-refractivity contribution is 5.53. The van der Waals surface area contributed by atoms with Gasteiger partial charge in [0.2, 0.25) is 0 Å². The van der Waals surface area contributed by atoms with E-state index in [4.69, 9.17) is 15.0 Å². The highest BCUT2D eigenvalue weighted by Gasteiger charge is 1.93. The molecule has 0 saturated heterocycles. The predicted molar refractivity (Wildman–Crippen MR) is 51.2 cm³/mol. The third-order valence-corrected chi connectivity index (χ3v) is 1.47. The molecule has 0 atom stereocenters. The normalized spacial score (nSPS) is 8.85. The second kappa shape index (κ2) is 6.06. The predicted octanol–water partition coefficient (Wildman–Crippen LogP) is 3.03. The van der Waals surface area contributed by atoms with Crippen molar-refractivity contribution >= 4 is 6.16 Å². The molecule has 0 fully saturated rings. The third-order valence-electron chi connectivity index (χ3n) is 1.47. The molecule has 0 aliphatic carbocycles. The maximum absolute atomic E-state index is 8.56. The minimum Gasteiger partial charge on any atom is -0.450 e. The van der Waals surface area contributed by atoms with Crippen LogP contribution in [0.5, 0.6) is 0 Å². The molecule has 0 amide bonds. The molecule has 3 nitrogen and oxygen atoms in total. The molecular weight excluding hydrogens is 168 g/mol. The van der Waals surface area contributed by atoms with E-state index >= 15 is 0 Å². The van der Waals surface area contributed by atoms with Crippen LogP contribution < -0.4 is 0 Å². The van der Waals surface area contributed by atoms with Crippen LogP contribution in [0.3, 0.4) is 0 Å². The van der Waals surface area contributed by atoms with Crippen LogP contribution in [0.4, 0.5) is 4.79 Å². The van der Waals surface area contributed by atoms with E-state index in [9.17, 15) is 0 Å². The monoisotopic (exact) mass is 182 g/mol. The molecule has 72 valence electrons. The first-order chi connectivity index (χ1) is 6.04. The lowest BCUT2D eigenvalue weighted by Gasteiger charge is -2.01. The molecule has 13 heavy (non-hydrogen) atoms. The number of hydrogen-bond donors (Lipinski definition) is 2. The van der Waals surface area contributed by atoms with Crippen molar-refractivity contribution in [1.29, 1.82) is 0 Å². The topological polar surface area (TPSA) is 57.5 Å². The van der Waals surface area contributed by atoms with Gasteiger partial charge in [0.05, 0.1) is 0 Å². The second-order valence-corrected chi connectivity index (χ2v) is 2.85. The molecule has 2 N–H and O–H groups in total. The molecule has 0 unspecified atom stereocenters. The fourth-order valence-electron chi connectivity index (χ4n) is 0.838. The SMILES string of the molecule is CC(C)c1ccccc1.O=C(O)O. The summed E-state index contributed by atoms with van der Waals surface area (Å²) in [7, 11) is 0. The van der Waals surface area contributed by atoms with E-state index in [0.717, 1.165) is 0 Å². The fourth-order valence-corrected chi connectivity index (χ4v) is 0.838. The van der Waals surface area contributed by atoms with Crippen LogP contribution in [-0.2, 0) is 0 Å². The van der Waals surface area contributed by atoms with E-state index < -0.39 is 6.16 Å². The minimum atomic E-state index is -1.83. The van der Waals surface area contributed by atoms with Gasteiger partial charge in [0.25, 0.3) is 0 Å². The summed E-state index contributed by atoms with van der Waals surface area (Å²) in [6.07, 6.45) is -1.83. The number of benzene rings is 1. The van der Waals surface area contributed by atoms with E-state index in [-0.39, 0.29) is 0 Å². The maximum Gasteiger partial charge on any atom is 0.503 e. The van der Waals surface area contributed by atoms with Crippen molar-refractivity contribution in [2.24, 2.45) is 0 Å². The van der Waals surface area contributed by atoms with Crippen molar-refractivity contribution in [3.8, 4) is 0 Å². The molecule has 1 rings (SSSR count). The van der Waals surface area contributed by atoms with Gasteiger partial charge in [-0.3, -0.25) is 0 Å². The van der Waals surface area contributed by atoms with Crippen LogP contribution in [-0.4, -0.2) is 16.4 Å². The van der Waals surface area contributed by atoms with E-state index in [1.807, 2.05) is 6.07 Å². The van der Waals surface area contributed by atoms with Crippen LogP contribution in [0.15, 0.2) is 30.3 Å². The summed E-state index contributed by atoms with van der Waals surface area (Å²) in [5, 5.41) is 13.9. The van der Waals surface area contributed by atoms with Crippen molar-refractivity contribution in [1.82, 2.24) is 0 Å². The molecule has 1 aromatic rings. The van der Waals surface area contributed by atoms with Gasteiger partial charge < -0.3 is 10.2 Å². The second-order valence-electron chi connectivity index (χ2n) is 2.85. The van der Waals surface area contributed by atoms with Crippen LogP contribution in [0.2, 0.25) is 0 Å². The molecule has 0 radical (unpaired) electrons. The quantitative estimate of drug-likeness (QED) is 0.701. The first-order valence-electron chi connectivity index (χ1n) is 4.01. The van der Waals surface area contributed by atoms with Crippen molar-refractivity contribution in [3.05, 3.63) is 35.9 Å². The molecule has 0 spiro atoms. The zero-order valence-electron chi connectivity index (χ0n) is 7.77. The van der Waals surface area contributed by atoms with E-state index in [2.05, 4.69) is 38.1 Å². The van der Waals surface area contributed by atoms with Gasteiger partial charge in [-0.05, 0) is 11.5 Å². The molecular formula is C10H14O3. The summed E-state index contributed by atoms with van der Waals surface area (Å²) in [5.41, 5.74) is 1.41. The molecule has 0 aliphatic heterocycles. The Morgan fingerprint density at radius 3 is 1.77 bits per heavy atom. The first kappa shape index (κ1) is 11.5. The van der Waals surface area contributed by atoms with Gasteiger partial charge in [-0.15, -0.1) is 0 Å². The van der Waals surface area contributed by atoms with Crippen molar-refractivity contribution in [3.63, 3.8) is 0 Å². The average Bonchev–Trinajstić information content (AvgIpc) is 2.05. The summed E-state index contributed by atoms with van der Waals surface area (Å²) < 4.78 is 0. The largest absolute Gasteiger partial charge is 0.503 e. The molecule has 0 saturated carbocycles. The Hall–Kier alpha value is -1.51. The van der Waals surface area contributed by atoms with Gasteiger partial charge in [-0.1, -0.05) is 44.2 Å². The van der Waals surface area contributed by atoms with Crippen molar-refractivity contribution in [2.45, 2.75) is 19.8 Å². The first-order valence-corrected chi connectivity index (χ1v) is 4.01. The van der Waals surface area contributed by atoms with Crippen molar-refractivity contribution in [2.75, 3.05) is 0 Å². The molecule has 3 heteroatoms. The Labute approximate surface area is 77.6 Å². The van der Waals surface area contributed by atoms with Crippen LogP contribution in [0.1, 0.15) is 25.3 Å². The zero-order chi connectivity index (χ0) is 10.3. The Balaban J connectivity index is 0.000000310. The third kappa shape index (κ3) is 6.87. The van der Waals surface area contributed by atoms with Gasteiger partial charge in [-0.25, -0.2) is 4.79 Å². The van der Waals surface area contributed by atoms with Gasteiger partial charge in [0.15, 0.2) is 0 Å². The molecule has 0 aromatic heterocycles. The van der Waals surface area contributed by atoms with E-state index in [1.54, 1.807) is 0 Å². The fraction of sp³-hybridized carbons (Fsp3) is 0.300. The Kier molecular flexibility index (Phi) is 5.35. The highest BCUT2D eigenvalue weighted by atomic mass is 16.6. The number of rotatable bonds is 1. The maximum atomic E-state index is 8.56. The van der Waals surface area contributed by atoms with Crippen LogP contribution >= 0.6 is 0 Å². The molecule has 1 aromatic carbocycles. The lowest BCUT2D eigenvalue weighted by atomic mass is 10.0. The summed E-state index contributed by atoms with van der Waals surface area (Å²) >= 11 is 0. The van der Waals surface area contributed by atoms with Crippen molar-refractivity contribution < 1.29 is 15.0 Å². The Morgan fingerprint density at radius 2 is 1.54 bits per heavy atom. The van der Waals surface area contributed by atoms with Gasteiger partial charge >= 0.3 is 6.16 Å². The zero-order valence-corrected chi connectivity index (χ0v) is 7.77. The summed E-state index contributed by atoms with van der Waals surface area (Å²) in [5.74, 6) is 0.659. The Morgan fingerprint density at radius 1 is 1.15 bits per heavy atom. The Bertz CT molecular complexity index is 238. The standard InChI is InChI=1S/C9H12.CH2O3/c1-8(2)9-6-4-3-5-7-9;2-1(3)4/h3-8H,1-2H3;(H2,2,3,4). The lowest BCUT2D eigenvalue weighted by molar-refractivity contribution is 0.137.